The van der Waals surface area contributed by atoms with Gasteiger partial charge >= 0.3 is 0 Å². The summed E-state index contributed by atoms with van der Waals surface area (Å²) < 4.78 is 0. The lowest BCUT2D eigenvalue weighted by atomic mass is 10.2. The molecule has 2 aromatic heterocycles. The number of nitrogens with zero attached hydrogens (tertiary/aromatic N) is 4. The molecule has 2 heterocycles. The molecule has 0 unspecified atom stereocenters. The molecule has 0 saturated heterocycles. The highest BCUT2D eigenvalue weighted by molar-refractivity contribution is 6.04. The summed E-state index contributed by atoms with van der Waals surface area (Å²) in [7, 11) is 1.72. The molecular formula is C18H17N5O. The van der Waals surface area contributed by atoms with Crippen LogP contribution in [0.3, 0.4) is 0 Å². The maximum absolute atomic E-state index is 12.6. The minimum Gasteiger partial charge on any atom is -0.364 e. The van der Waals surface area contributed by atoms with Crippen LogP contribution < -0.4 is 10.2 Å². The Kier molecular flexibility index (Phi) is 4.76. The molecule has 1 N–H and O–H groups in total. The topological polar surface area (TPSA) is 71.0 Å². The Labute approximate surface area is 140 Å². The van der Waals surface area contributed by atoms with E-state index in [1.54, 1.807) is 24.2 Å². The van der Waals surface area contributed by atoms with Crippen LogP contribution in [0.2, 0.25) is 0 Å². The summed E-state index contributed by atoms with van der Waals surface area (Å²) in [5, 5.41) is 3.15. The average Bonchev–Trinajstić information content (AvgIpc) is 2.67. The first-order chi connectivity index (χ1) is 11.7. The van der Waals surface area contributed by atoms with Gasteiger partial charge in [0.2, 0.25) is 0 Å². The number of hydrogen-bond acceptors (Lipinski definition) is 5. The first-order valence-electron chi connectivity index (χ1n) is 7.53. The summed E-state index contributed by atoms with van der Waals surface area (Å²) >= 11 is 0. The molecular weight excluding hydrogens is 302 g/mol. The molecule has 1 aromatic carbocycles. The van der Waals surface area contributed by atoms with E-state index in [2.05, 4.69) is 20.3 Å². The summed E-state index contributed by atoms with van der Waals surface area (Å²) in [6.07, 6.45) is 3.12. The number of amides is 1. The van der Waals surface area contributed by atoms with Gasteiger partial charge in [-0.2, -0.15) is 0 Å². The van der Waals surface area contributed by atoms with Crippen LogP contribution in [-0.2, 0) is 6.54 Å². The molecule has 3 aromatic rings. The number of hydrogen-bond donors (Lipinski definition) is 1. The van der Waals surface area contributed by atoms with Crippen LogP contribution in [0.25, 0.3) is 0 Å². The summed E-state index contributed by atoms with van der Waals surface area (Å²) in [6.45, 7) is 0.528. The zero-order valence-corrected chi connectivity index (χ0v) is 13.3. The predicted molar refractivity (Wildman–Crippen MR) is 92.8 cm³/mol. The molecule has 0 aliphatic heterocycles. The van der Waals surface area contributed by atoms with E-state index in [-0.39, 0.29) is 5.91 Å². The van der Waals surface area contributed by atoms with Crippen molar-refractivity contribution in [2.75, 3.05) is 17.3 Å². The number of rotatable bonds is 5. The van der Waals surface area contributed by atoms with Crippen LogP contribution in [0.1, 0.15) is 16.2 Å². The van der Waals surface area contributed by atoms with Crippen LogP contribution in [0, 0.1) is 0 Å². The fourth-order valence-corrected chi connectivity index (χ4v) is 2.20. The van der Waals surface area contributed by atoms with Gasteiger partial charge in [0, 0.05) is 25.0 Å². The Balaban J connectivity index is 1.71. The highest BCUT2D eigenvalue weighted by Gasteiger charge is 2.15. The van der Waals surface area contributed by atoms with Crippen molar-refractivity contribution in [2.45, 2.75) is 6.54 Å². The molecule has 0 fully saturated rings. The molecule has 3 rings (SSSR count). The van der Waals surface area contributed by atoms with E-state index in [0.29, 0.717) is 18.1 Å². The molecule has 0 bridgehead atoms. The van der Waals surface area contributed by atoms with Crippen molar-refractivity contribution >= 4 is 17.4 Å². The Bertz CT molecular complexity index is 808. The van der Waals surface area contributed by atoms with Crippen molar-refractivity contribution in [3.63, 3.8) is 0 Å². The van der Waals surface area contributed by atoms with Gasteiger partial charge in [-0.15, -0.1) is 0 Å². The molecule has 0 saturated carbocycles. The minimum absolute atomic E-state index is 0.190. The van der Waals surface area contributed by atoms with Crippen LogP contribution in [0.5, 0.6) is 0 Å². The molecule has 0 radical (unpaired) electrons. The van der Waals surface area contributed by atoms with Gasteiger partial charge in [0.05, 0.1) is 12.2 Å². The van der Waals surface area contributed by atoms with Gasteiger partial charge in [0.25, 0.3) is 5.91 Å². The monoisotopic (exact) mass is 319 g/mol. The third kappa shape index (κ3) is 3.73. The van der Waals surface area contributed by atoms with Crippen LogP contribution in [0.4, 0.5) is 11.5 Å². The fraction of sp³-hybridized carbons (Fsp3) is 0.111. The Morgan fingerprint density at radius 1 is 1.04 bits per heavy atom. The number of carbonyl (C=O) groups excluding carboxylic acids is 1. The molecule has 0 aliphatic rings. The quantitative estimate of drug-likeness (QED) is 0.783. The Hall–Kier alpha value is -3.28. The second-order valence-corrected chi connectivity index (χ2v) is 5.16. The maximum atomic E-state index is 12.6. The van der Waals surface area contributed by atoms with E-state index >= 15 is 0 Å². The number of anilines is 2. The van der Waals surface area contributed by atoms with Gasteiger partial charge in [0.15, 0.2) is 0 Å². The highest BCUT2D eigenvalue weighted by Crippen LogP contribution is 2.15. The van der Waals surface area contributed by atoms with Gasteiger partial charge in [-0.25, -0.2) is 9.97 Å². The number of aromatic nitrogens is 3. The van der Waals surface area contributed by atoms with Crippen molar-refractivity contribution in [3.05, 3.63) is 78.5 Å². The third-order valence-electron chi connectivity index (χ3n) is 3.51. The molecule has 0 atom stereocenters. The molecule has 0 aliphatic carbocycles. The van der Waals surface area contributed by atoms with E-state index < -0.39 is 0 Å². The molecule has 0 spiro atoms. The number of carbonyl (C=O) groups is 1. The highest BCUT2D eigenvalue weighted by atomic mass is 16.2. The Morgan fingerprint density at radius 2 is 1.83 bits per heavy atom. The van der Waals surface area contributed by atoms with Crippen LogP contribution in [0.15, 0.2) is 67.1 Å². The summed E-state index contributed by atoms with van der Waals surface area (Å²) in [4.78, 5) is 26.6. The molecule has 6 nitrogen and oxygen atoms in total. The lowest BCUT2D eigenvalue weighted by Gasteiger charge is -2.17. The number of para-hydroxylation sites is 1. The Morgan fingerprint density at radius 3 is 2.58 bits per heavy atom. The summed E-state index contributed by atoms with van der Waals surface area (Å²) in [5.74, 6) is 0.393. The second-order valence-electron chi connectivity index (χ2n) is 5.16. The lowest BCUT2D eigenvalue weighted by Crippen LogP contribution is -2.27. The molecule has 1 amide bonds. The molecule has 24 heavy (non-hydrogen) atoms. The van der Waals surface area contributed by atoms with Crippen molar-refractivity contribution < 1.29 is 4.79 Å². The average molecular weight is 319 g/mol. The van der Waals surface area contributed by atoms with E-state index in [4.69, 9.17) is 0 Å². The summed E-state index contributed by atoms with van der Waals surface area (Å²) in [5.41, 5.74) is 2.04. The number of nitrogens with one attached hydrogen (secondary N) is 1. The minimum atomic E-state index is -0.190. The second kappa shape index (κ2) is 7.32. The van der Waals surface area contributed by atoms with Crippen LogP contribution in [-0.4, -0.2) is 27.9 Å². The zero-order valence-electron chi connectivity index (χ0n) is 13.3. The van der Waals surface area contributed by atoms with E-state index in [1.165, 1.54) is 6.33 Å². The third-order valence-corrected chi connectivity index (χ3v) is 3.51. The standard InChI is InChI=1S/C18H17N5O/c1-23(15-8-3-2-4-9-15)18(24)16-11-17(22-13-21-16)20-12-14-7-5-6-10-19-14/h2-11,13H,12H2,1H3,(H,20,21,22). The van der Waals surface area contributed by atoms with Crippen molar-refractivity contribution in [2.24, 2.45) is 0 Å². The van der Waals surface area contributed by atoms with E-state index in [9.17, 15) is 4.79 Å². The van der Waals surface area contributed by atoms with Gasteiger partial charge in [-0.1, -0.05) is 24.3 Å². The smallest absolute Gasteiger partial charge is 0.276 e. The molecule has 6 heteroatoms. The first-order valence-corrected chi connectivity index (χ1v) is 7.53. The number of benzene rings is 1. The number of pyridine rings is 1. The van der Waals surface area contributed by atoms with E-state index in [0.717, 1.165) is 11.4 Å². The van der Waals surface area contributed by atoms with Crippen molar-refractivity contribution in [3.8, 4) is 0 Å². The van der Waals surface area contributed by atoms with Crippen LogP contribution >= 0.6 is 0 Å². The van der Waals surface area contributed by atoms with Gasteiger partial charge < -0.3 is 10.2 Å². The first kappa shape index (κ1) is 15.6. The van der Waals surface area contributed by atoms with E-state index in [1.807, 2.05) is 48.5 Å². The summed E-state index contributed by atoms with van der Waals surface area (Å²) in [6, 6.07) is 16.8. The van der Waals surface area contributed by atoms with Crippen molar-refractivity contribution in [1.82, 2.24) is 15.0 Å². The lowest BCUT2D eigenvalue weighted by molar-refractivity contribution is 0.0988. The predicted octanol–water partition coefficient (Wildman–Crippen LogP) is 2.76. The normalized spacial score (nSPS) is 10.2. The largest absolute Gasteiger partial charge is 0.364 e. The maximum Gasteiger partial charge on any atom is 0.276 e. The van der Waals surface area contributed by atoms with Gasteiger partial charge in [-0.05, 0) is 24.3 Å². The van der Waals surface area contributed by atoms with Gasteiger partial charge in [-0.3, -0.25) is 9.78 Å². The SMILES string of the molecule is CN(C(=O)c1cc(NCc2ccccn2)ncn1)c1ccccc1. The van der Waals surface area contributed by atoms with Crippen molar-refractivity contribution in [1.29, 1.82) is 0 Å². The van der Waals surface area contributed by atoms with Gasteiger partial charge in [0.1, 0.15) is 17.8 Å². The zero-order chi connectivity index (χ0) is 16.8. The fourth-order valence-electron chi connectivity index (χ4n) is 2.20. The molecule has 120 valence electrons.